The molecule has 1 aromatic rings. The van der Waals surface area contributed by atoms with E-state index in [-0.39, 0.29) is 17.8 Å². The second kappa shape index (κ2) is 9.12. The molecule has 5 rings (SSSR count). The van der Waals surface area contributed by atoms with E-state index < -0.39 is 17.1 Å². The Kier molecular flexibility index (Phi) is 6.32. The molecule has 2 bridgehead atoms. The van der Waals surface area contributed by atoms with Crippen molar-refractivity contribution in [2.24, 2.45) is 0 Å². The molecular weight excluding hydrogens is 430 g/mol. The molecule has 0 amide bonds. The van der Waals surface area contributed by atoms with E-state index >= 15 is 0 Å². The number of likely N-dealkylation sites (tertiary alicyclic amines) is 1. The maximum atomic E-state index is 13.1. The van der Waals surface area contributed by atoms with Gasteiger partial charge in [-0.05, 0) is 37.3 Å². The number of nitrogens with zero attached hydrogens (tertiary/aromatic N) is 1. The van der Waals surface area contributed by atoms with Gasteiger partial charge in [-0.3, -0.25) is 14.5 Å². The monoisotopic (exact) mass is 467 g/mol. The van der Waals surface area contributed by atoms with E-state index in [1.54, 1.807) is 0 Å². The molecule has 1 spiro atoms. The maximum Gasteiger partial charge on any atom is 0.311 e. The summed E-state index contributed by atoms with van der Waals surface area (Å²) in [6.45, 7) is 7.57. The Bertz CT molecular complexity index is 989. The highest BCUT2D eigenvalue weighted by Crippen LogP contribution is 2.64. The molecule has 4 atom stereocenters. The summed E-state index contributed by atoms with van der Waals surface area (Å²) in [4.78, 5) is 28.0. The Morgan fingerprint density at radius 2 is 2.06 bits per heavy atom. The van der Waals surface area contributed by atoms with Crippen LogP contribution in [0, 0.1) is 0 Å². The molecule has 0 aromatic heterocycles. The number of ketones is 1. The van der Waals surface area contributed by atoms with Gasteiger partial charge in [-0.1, -0.05) is 51.2 Å². The highest BCUT2D eigenvalue weighted by molar-refractivity contribution is 5.90. The summed E-state index contributed by atoms with van der Waals surface area (Å²) >= 11 is 0. The highest BCUT2D eigenvalue weighted by Gasteiger charge is 2.73. The molecule has 2 heterocycles. The van der Waals surface area contributed by atoms with E-state index in [4.69, 9.17) is 9.47 Å². The summed E-state index contributed by atoms with van der Waals surface area (Å²) in [5, 5.41) is 12.2. The van der Waals surface area contributed by atoms with Crippen molar-refractivity contribution in [3.05, 3.63) is 35.9 Å². The number of benzene rings is 1. The summed E-state index contributed by atoms with van der Waals surface area (Å²) in [6.07, 6.45) is 10.2. The molecule has 6 nitrogen and oxygen atoms in total. The van der Waals surface area contributed by atoms with Gasteiger partial charge >= 0.3 is 5.97 Å². The number of rotatable bonds is 10. The number of unbranched alkanes of at least 4 members (excludes halogenated alkanes) is 5. The lowest BCUT2D eigenvalue weighted by atomic mass is 9.49. The Morgan fingerprint density at radius 1 is 1.26 bits per heavy atom. The Labute approximate surface area is 202 Å². The third-order valence-electron chi connectivity index (χ3n) is 8.68. The minimum Gasteiger partial charge on any atom is -0.477 e. The molecule has 6 heteroatoms. The third kappa shape index (κ3) is 3.44. The standard InChI is InChI=1S/C28H37NO5/c1-3-5-6-7-8-9-10-23(31)33-21-12-11-19-18-22-28(32)14-13-20(30)26-27(28,24(19)25(21)34-26)15-17-29(22)16-4-2/h4,11-12,22,26,32H,2-3,5-10,13-18H2,1H3/t22-,26-,27-,28-/m1/s1. The number of Topliss-reactive ketones (excluding diaryl/α,β-unsaturated/α-hetero) is 1. The fourth-order valence-corrected chi connectivity index (χ4v) is 7.09. The highest BCUT2D eigenvalue weighted by atomic mass is 16.6. The van der Waals surface area contributed by atoms with Gasteiger partial charge in [-0.15, -0.1) is 6.58 Å². The predicted octanol–water partition coefficient (Wildman–Crippen LogP) is 4.25. The van der Waals surface area contributed by atoms with Crippen LogP contribution in [0.1, 0.15) is 82.3 Å². The molecule has 2 aliphatic heterocycles. The summed E-state index contributed by atoms with van der Waals surface area (Å²) in [6, 6.07) is 3.73. The molecule has 1 N–H and O–H groups in total. The van der Waals surface area contributed by atoms with Crippen molar-refractivity contribution in [1.82, 2.24) is 4.90 Å². The van der Waals surface area contributed by atoms with E-state index in [1.807, 2.05) is 18.2 Å². The fourth-order valence-electron chi connectivity index (χ4n) is 7.09. The molecule has 184 valence electrons. The quantitative estimate of drug-likeness (QED) is 0.240. The van der Waals surface area contributed by atoms with E-state index in [2.05, 4.69) is 18.4 Å². The number of hydrogen-bond donors (Lipinski definition) is 1. The zero-order valence-electron chi connectivity index (χ0n) is 20.3. The van der Waals surface area contributed by atoms with Crippen LogP contribution >= 0.6 is 0 Å². The molecule has 2 aliphatic carbocycles. The number of ether oxygens (including phenoxy) is 2. The first kappa shape index (κ1) is 23.6. The van der Waals surface area contributed by atoms with Gasteiger partial charge < -0.3 is 14.6 Å². The summed E-state index contributed by atoms with van der Waals surface area (Å²) in [7, 11) is 0. The lowest BCUT2D eigenvalue weighted by molar-refractivity contribution is -0.187. The number of piperidine rings is 1. The van der Waals surface area contributed by atoms with Crippen LogP contribution in [-0.4, -0.2) is 52.6 Å². The van der Waals surface area contributed by atoms with Gasteiger partial charge in [0.2, 0.25) is 0 Å². The average molecular weight is 468 g/mol. The molecule has 34 heavy (non-hydrogen) atoms. The number of carbonyl (C=O) groups is 2. The molecule has 4 aliphatic rings. The summed E-state index contributed by atoms with van der Waals surface area (Å²) < 4.78 is 12.1. The zero-order valence-corrected chi connectivity index (χ0v) is 20.3. The summed E-state index contributed by atoms with van der Waals surface area (Å²) in [5.74, 6) is 0.663. The van der Waals surface area contributed by atoms with Gasteiger partial charge in [0.25, 0.3) is 0 Å². The van der Waals surface area contributed by atoms with Crippen LogP contribution < -0.4 is 9.47 Å². The third-order valence-corrected chi connectivity index (χ3v) is 8.68. The number of hydrogen-bond acceptors (Lipinski definition) is 6. The Balaban J connectivity index is 1.42. The van der Waals surface area contributed by atoms with Gasteiger partial charge in [-0.2, -0.15) is 0 Å². The van der Waals surface area contributed by atoms with Crippen LogP contribution in [0.3, 0.4) is 0 Å². The van der Waals surface area contributed by atoms with Gasteiger partial charge in [0, 0.05) is 37.5 Å². The molecule has 0 unspecified atom stereocenters. The van der Waals surface area contributed by atoms with Crippen molar-refractivity contribution in [3.8, 4) is 11.5 Å². The summed E-state index contributed by atoms with van der Waals surface area (Å²) in [5.41, 5.74) is 0.181. The normalized spacial score (nSPS) is 31.1. The van der Waals surface area contributed by atoms with Crippen molar-refractivity contribution in [2.75, 3.05) is 13.1 Å². The first-order chi connectivity index (χ1) is 16.5. The zero-order chi connectivity index (χ0) is 23.9. The number of carbonyl (C=O) groups excluding carboxylic acids is 2. The van der Waals surface area contributed by atoms with Gasteiger partial charge in [0.15, 0.2) is 23.4 Å². The SMILES string of the molecule is C=CCN1CC[C@@]23c4c5ccc(OC(=O)CCCCCCCC)c4O[C@@H]2C(=O)CC[C@@]3(O)[C@H]1C5. The Hall–Kier alpha value is -2.18. The second-order valence-corrected chi connectivity index (χ2v) is 10.5. The minimum atomic E-state index is -1.05. The van der Waals surface area contributed by atoms with Crippen LogP contribution in [0.15, 0.2) is 24.8 Å². The Morgan fingerprint density at radius 3 is 2.85 bits per heavy atom. The van der Waals surface area contributed by atoms with Crippen molar-refractivity contribution >= 4 is 11.8 Å². The average Bonchev–Trinajstić information content (AvgIpc) is 3.18. The van der Waals surface area contributed by atoms with Crippen molar-refractivity contribution in [2.45, 2.75) is 101 Å². The second-order valence-electron chi connectivity index (χ2n) is 10.5. The van der Waals surface area contributed by atoms with Gasteiger partial charge in [-0.25, -0.2) is 0 Å². The molecule has 1 aromatic carbocycles. The van der Waals surface area contributed by atoms with Crippen LogP contribution in [0.25, 0.3) is 0 Å². The van der Waals surface area contributed by atoms with E-state index in [0.717, 1.165) is 36.9 Å². The molecule has 0 radical (unpaired) electrons. The van der Waals surface area contributed by atoms with E-state index in [0.29, 0.717) is 50.1 Å². The first-order valence-electron chi connectivity index (χ1n) is 13.1. The number of aliphatic hydroxyl groups is 1. The molecular formula is C28H37NO5. The maximum absolute atomic E-state index is 13.1. The van der Waals surface area contributed by atoms with Gasteiger partial charge in [0.1, 0.15) is 0 Å². The first-order valence-corrected chi connectivity index (χ1v) is 13.1. The van der Waals surface area contributed by atoms with Crippen LogP contribution in [-0.2, 0) is 21.4 Å². The van der Waals surface area contributed by atoms with E-state index in [9.17, 15) is 14.7 Å². The number of esters is 1. The van der Waals surface area contributed by atoms with Crippen molar-refractivity contribution < 1.29 is 24.2 Å². The molecule has 1 saturated carbocycles. The lowest BCUT2D eigenvalue weighted by Gasteiger charge is -2.62. The topological polar surface area (TPSA) is 76.1 Å². The lowest BCUT2D eigenvalue weighted by Crippen LogP contribution is -2.76. The smallest absolute Gasteiger partial charge is 0.311 e. The molecule has 1 saturated heterocycles. The largest absolute Gasteiger partial charge is 0.477 e. The van der Waals surface area contributed by atoms with E-state index in [1.165, 1.54) is 19.3 Å². The van der Waals surface area contributed by atoms with Crippen LogP contribution in [0.4, 0.5) is 0 Å². The van der Waals surface area contributed by atoms with Gasteiger partial charge in [0.05, 0.1) is 11.0 Å². The minimum absolute atomic E-state index is 0.0361. The fraction of sp³-hybridized carbons (Fsp3) is 0.643. The van der Waals surface area contributed by atoms with Crippen LogP contribution in [0.5, 0.6) is 11.5 Å². The molecule has 2 fully saturated rings. The van der Waals surface area contributed by atoms with Crippen molar-refractivity contribution in [3.63, 3.8) is 0 Å². The van der Waals surface area contributed by atoms with Crippen LogP contribution in [0.2, 0.25) is 0 Å². The predicted molar refractivity (Wildman–Crippen MR) is 129 cm³/mol. The van der Waals surface area contributed by atoms with Crippen molar-refractivity contribution in [1.29, 1.82) is 0 Å².